The molecule has 1 aromatic carbocycles. The van der Waals surface area contributed by atoms with Gasteiger partial charge in [0, 0.05) is 18.0 Å². The van der Waals surface area contributed by atoms with E-state index in [4.69, 9.17) is 0 Å². The molecule has 0 spiro atoms. The predicted molar refractivity (Wildman–Crippen MR) is 67.0 cm³/mol. The molecule has 1 fully saturated rings. The van der Waals surface area contributed by atoms with E-state index >= 15 is 0 Å². The minimum atomic E-state index is -0.940. The zero-order valence-corrected chi connectivity index (χ0v) is 10.1. The first-order valence-electron chi connectivity index (χ1n) is 6.14. The Morgan fingerprint density at radius 3 is 2.88 bits per heavy atom. The molecule has 2 unspecified atom stereocenters. The summed E-state index contributed by atoms with van der Waals surface area (Å²) in [6, 6.07) is 7.29. The number of piperidine rings is 1. The van der Waals surface area contributed by atoms with Gasteiger partial charge in [-0.05, 0) is 31.9 Å². The average molecular weight is 233 g/mol. The van der Waals surface area contributed by atoms with Crippen LogP contribution in [-0.4, -0.2) is 24.5 Å². The SMILES string of the molecule is CC(O)(c1ccccc1C=O)C1CCCNC1. The lowest BCUT2D eigenvalue weighted by molar-refractivity contribution is -0.0160. The van der Waals surface area contributed by atoms with Crippen LogP contribution in [0.15, 0.2) is 24.3 Å². The Morgan fingerprint density at radius 2 is 2.24 bits per heavy atom. The van der Waals surface area contributed by atoms with E-state index in [2.05, 4.69) is 5.32 Å². The Bertz CT molecular complexity index is 395. The Kier molecular flexibility index (Phi) is 3.60. The van der Waals surface area contributed by atoms with Crippen molar-refractivity contribution in [3.63, 3.8) is 0 Å². The summed E-state index contributed by atoms with van der Waals surface area (Å²) in [6.07, 6.45) is 2.89. The summed E-state index contributed by atoms with van der Waals surface area (Å²) in [6.45, 7) is 3.63. The van der Waals surface area contributed by atoms with E-state index in [1.165, 1.54) is 0 Å². The van der Waals surface area contributed by atoms with E-state index in [9.17, 15) is 9.90 Å². The maximum atomic E-state index is 11.0. The van der Waals surface area contributed by atoms with Crippen molar-refractivity contribution in [3.05, 3.63) is 35.4 Å². The van der Waals surface area contributed by atoms with Crippen molar-refractivity contribution in [1.29, 1.82) is 0 Å². The third-order valence-electron chi connectivity index (χ3n) is 3.72. The molecule has 0 amide bonds. The second-order valence-corrected chi connectivity index (χ2v) is 4.90. The van der Waals surface area contributed by atoms with E-state index in [0.717, 1.165) is 37.8 Å². The van der Waals surface area contributed by atoms with Crippen LogP contribution in [-0.2, 0) is 5.60 Å². The zero-order chi connectivity index (χ0) is 12.3. The number of rotatable bonds is 3. The molecule has 17 heavy (non-hydrogen) atoms. The van der Waals surface area contributed by atoms with Crippen molar-refractivity contribution in [3.8, 4) is 0 Å². The molecular weight excluding hydrogens is 214 g/mol. The summed E-state index contributed by atoms with van der Waals surface area (Å²) >= 11 is 0. The van der Waals surface area contributed by atoms with Gasteiger partial charge in [0.25, 0.3) is 0 Å². The van der Waals surface area contributed by atoms with Gasteiger partial charge in [-0.25, -0.2) is 0 Å². The van der Waals surface area contributed by atoms with Gasteiger partial charge in [-0.2, -0.15) is 0 Å². The van der Waals surface area contributed by atoms with Crippen LogP contribution in [0.2, 0.25) is 0 Å². The molecule has 2 N–H and O–H groups in total. The standard InChI is InChI=1S/C14H19NO2/c1-14(17,12-6-4-8-15-9-12)13-7-3-2-5-11(13)10-16/h2-3,5,7,10,12,15,17H,4,6,8-9H2,1H3. The fraction of sp³-hybridized carbons (Fsp3) is 0.500. The van der Waals surface area contributed by atoms with Crippen LogP contribution >= 0.6 is 0 Å². The normalized spacial score (nSPS) is 24.0. The van der Waals surface area contributed by atoms with Gasteiger partial charge in [-0.1, -0.05) is 24.3 Å². The van der Waals surface area contributed by atoms with Gasteiger partial charge in [0.2, 0.25) is 0 Å². The fourth-order valence-electron chi connectivity index (χ4n) is 2.61. The predicted octanol–water partition coefficient (Wildman–Crippen LogP) is 1.71. The summed E-state index contributed by atoms with van der Waals surface area (Å²) in [4.78, 5) is 11.0. The first kappa shape index (κ1) is 12.3. The van der Waals surface area contributed by atoms with Crippen LogP contribution < -0.4 is 5.32 Å². The highest BCUT2D eigenvalue weighted by atomic mass is 16.3. The van der Waals surface area contributed by atoms with Crippen LogP contribution in [0.5, 0.6) is 0 Å². The number of carbonyl (C=O) groups is 1. The lowest BCUT2D eigenvalue weighted by Gasteiger charge is -2.37. The summed E-state index contributed by atoms with van der Waals surface area (Å²) in [5.74, 6) is 0.164. The molecule has 1 aliphatic heterocycles. The fourth-order valence-corrected chi connectivity index (χ4v) is 2.61. The number of nitrogens with one attached hydrogen (secondary N) is 1. The van der Waals surface area contributed by atoms with Crippen LogP contribution in [0.4, 0.5) is 0 Å². The van der Waals surface area contributed by atoms with E-state index in [-0.39, 0.29) is 5.92 Å². The minimum absolute atomic E-state index is 0.164. The summed E-state index contributed by atoms with van der Waals surface area (Å²) in [7, 11) is 0. The highest BCUT2D eigenvalue weighted by Crippen LogP contribution is 2.34. The van der Waals surface area contributed by atoms with Crippen molar-refractivity contribution in [2.45, 2.75) is 25.4 Å². The molecule has 0 aliphatic carbocycles. The molecule has 1 aromatic rings. The molecule has 92 valence electrons. The molecule has 3 nitrogen and oxygen atoms in total. The average Bonchev–Trinajstić information content (AvgIpc) is 2.39. The van der Waals surface area contributed by atoms with Crippen molar-refractivity contribution in [1.82, 2.24) is 5.32 Å². The molecule has 1 heterocycles. The highest BCUT2D eigenvalue weighted by molar-refractivity contribution is 5.77. The third kappa shape index (κ3) is 2.40. The van der Waals surface area contributed by atoms with Gasteiger partial charge in [0.1, 0.15) is 6.29 Å². The smallest absolute Gasteiger partial charge is 0.150 e. The van der Waals surface area contributed by atoms with E-state index < -0.39 is 5.60 Å². The molecule has 3 heteroatoms. The monoisotopic (exact) mass is 233 g/mol. The summed E-state index contributed by atoms with van der Waals surface area (Å²) in [5.41, 5.74) is 0.386. The Hall–Kier alpha value is -1.19. The molecule has 0 radical (unpaired) electrons. The number of benzene rings is 1. The van der Waals surface area contributed by atoms with Crippen LogP contribution in [0.3, 0.4) is 0 Å². The number of carbonyl (C=O) groups excluding carboxylic acids is 1. The molecule has 0 bridgehead atoms. The van der Waals surface area contributed by atoms with Gasteiger partial charge in [0.15, 0.2) is 0 Å². The topological polar surface area (TPSA) is 49.3 Å². The Balaban J connectivity index is 2.32. The van der Waals surface area contributed by atoms with Crippen LogP contribution in [0.1, 0.15) is 35.7 Å². The molecule has 1 aliphatic rings. The highest BCUT2D eigenvalue weighted by Gasteiger charge is 2.35. The van der Waals surface area contributed by atoms with Crippen molar-refractivity contribution in [2.75, 3.05) is 13.1 Å². The zero-order valence-electron chi connectivity index (χ0n) is 10.1. The molecule has 2 atom stereocenters. The maximum absolute atomic E-state index is 11.0. The molecule has 1 saturated heterocycles. The number of aliphatic hydroxyl groups is 1. The quantitative estimate of drug-likeness (QED) is 0.781. The van der Waals surface area contributed by atoms with Crippen molar-refractivity contribution in [2.24, 2.45) is 5.92 Å². The van der Waals surface area contributed by atoms with Gasteiger partial charge in [-0.15, -0.1) is 0 Å². The molecule has 0 aromatic heterocycles. The number of aldehydes is 1. The second kappa shape index (κ2) is 4.98. The Morgan fingerprint density at radius 1 is 1.47 bits per heavy atom. The van der Waals surface area contributed by atoms with Gasteiger partial charge < -0.3 is 10.4 Å². The van der Waals surface area contributed by atoms with Crippen molar-refractivity contribution < 1.29 is 9.90 Å². The maximum Gasteiger partial charge on any atom is 0.150 e. The molecular formula is C14H19NO2. The summed E-state index contributed by atoms with van der Waals surface area (Å²) in [5, 5.41) is 14.0. The van der Waals surface area contributed by atoms with Crippen molar-refractivity contribution >= 4 is 6.29 Å². The lowest BCUT2D eigenvalue weighted by atomic mass is 9.77. The second-order valence-electron chi connectivity index (χ2n) is 4.90. The number of hydrogen-bond donors (Lipinski definition) is 2. The van der Waals surface area contributed by atoms with Gasteiger partial charge >= 0.3 is 0 Å². The number of hydrogen-bond acceptors (Lipinski definition) is 3. The largest absolute Gasteiger partial charge is 0.385 e. The summed E-state index contributed by atoms with van der Waals surface area (Å²) < 4.78 is 0. The lowest BCUT2D eigenvalue weighted by Crippen LogP contribution is -2.42. The van der Waals surface area contributed by atoms with Crippen LogP contribution in [0.25, 0.3) is 0 Å². The third-order valence-corrected chi connectivity index (χ3v) is 3.72. The van der Waals surface area contributed by atoms with E-state index in [0.29, 0.717) is 5.56 Å². The molecule has 0 saturated carbocycles. The van der Waals surface area contributed by atoms with E-state index in [1.807, 2.05) is 25.1 Å². The van der Waals surface area contributed by atoms with Gasteiger partial charge in [0.05, 0.1) is 5.60 Å². The molecule has 2 rings (SSSR count). The van der Waals surface area contributed by atoms with Crippen LogP contribution in [0, 0.1) is 5.92 Å². The van der Waals surface area contributed by atoms with Gasteiger partial charge in [-0.3, -0.25) is 4.79 Å². The van der Waals surface area contributed by atoms with E-state index in [1.54, 1.807) is 6.07 Å². The Labute approximate surface area is 102 Å². The first-order chi connectivity index (χ1) is 8.16. The minimum Gasteiger partial charge on any atom is -0.385 e. The first-order valence-corrected chi connectivity index (χ1v) is 6.14.